The second-order valence-electron chi connectivity index (χ2n) is 5.87. The Labute approximate surface area is 147 Å². The van der Waals surface area contributed by atoms with Crippen LogP contribution in [0.3, 0.4) is 0 Å². The summed E-state index contributed by atoms with van der Waals surface area (Å²) in [5, 5.41) is 11.0. The molecule has 0 aliphatic rings. The van der Waals surface area contributed by atoms with E-state index in [9.17, 15) is 5.11 Å². The van der Waals surface area contributed by atoms with Crippen LogP contribution in [-0.2, 0) is 13.6 Å². The van der Waals surface area contributed by atoms with E-state index in [0.717, 1.165) is 26.5 Å². The lowest BCUT2D eigenvalue weighted by atomic mass is 10.1. The summed E-state index contributed by atoms with van der Waals surface area (Å²) in [6.45, 7) is 0.303. The fourth-order valence-corrected chi connectivity index (χ4v) is 3.77. The van der Waals surface area contributed by atoms with Crippen LogP contribution in [0.25, 0.3) is 33.1 Å². The summed E-state index contributed by atoms with van der Waals surface area (Å²) in [5.41, 5.74) is 3.20. The second kappa shape index (κ2) is 5.76. The molecule has 4 aromatic rings. The molecule has 3 nitrogen and oxygen atoms in total. The number of nitrogens with zero attached hydrogens (tertiary/aromatic N) is 2. The van der Waals surface area contributed by atoms with Crippen molar-refractivity contribution in [2.45, 2.75) is 6.54 Å². The molecule has 24 heavy (non-hydrogen) atoms. The van der Waals surface area contributed by atoms with Crippen LogP contribution in [0.2, 0.25) is 0 Å². The van der Waals surface area contributed by atoms with E-state index in [0.29, 0.717) is 17.6 Å². The number of aryl methyl sites for hydroxylation is 1. The number of halogens is 2. The SMILES string of the molecule is Cn1cc(-c2c(F)c3cc(Br)ccc3n2CCO)c2ccccc21. The van der Waals surface area contributed by atoms with Gasteiger partial charge in [0.05, 0.1) is 17.8 Å². The van der Waals surface area contributed by atoms with Crippen LogP contribution < -0.4 is 0 Å². The van der Waals surface area contributed by atoms with E-state index in [1.807, 2.05) is 58.8 Å². The summed E-state index contributed by atoms with van der Waals surface area (Å²) in [6, 6.07) is 13.5. The largest absolute Gasteiger partial charge is 0.395 e. The first kappa shape index (κ1) is 15.4. The predicted octanol–water partition coefficient (Wildman–Crippen LogP) is 4.69. The molecule has 2 heterocycles. The lowest BCUT2D eigenvalue weighted by molar-refractivity contribution is 0.278. The molecule has 0 spiro atoms. The van der Waals surface area contributed by atoms with E-state index in [1.165, 1.54) is 0 Å². The Morgan fingerprint density at radius 3 is 2.67 bits per heavy atom. The molecule has 2 aromatic carbocycles. The summed E-state index contributed by atoms with van der Waals surface area (Å²) in [5.74, 6) is -0.254. The summed E-state index contributed by atoms with van der Waals surface area (Å²) < 4.78 is 20.0. The van der Waals surface area contributed by atoms with Crippen LogP contribution in [0.1, 0.15) is 0 Å². The molecule has 0 radical (unpaired) electrons. The van der Waals surface area contributed by atoms with Gasteiger partial charge in [0, 0.05) is 46.1 Å². The fraction of sp³-hybridized carbons (Fsp3) is 0.158. The maximum atomic E-state index is 15.3. The third-order valence-electron chi connectivity index (χ3n) is 4.44. The van der Waals surface area contributed by atoms with Crippen molar-refractivity contribution in [1.82, 2.24) is 9.13 Å². The van der Waals surface area contributed by atoms with E-state index in [-0.39, 0.29) is 12.4 Å². The molecule has 0 saturated carbocycles. The van der Waals surface area contributed by atoms with Crippen molar-refractivity contribution in [2.75, 3.05) is 6.61 Å². The number of aromatic nitrogens is 2. The van der Waals surface area contributed by atoms with Crippen LogP contribution in [-0.4, -0.2) is 20.8 Å². The van der Waals surface area contributed by atoms with Crippen molar-refractivity contribution < 1.29 is 9.50 Å². The van der Waals surface area contributed by atoms with Crippen molar-refractivity contribution in [3.8, 4) is 11.3 Å². The van der Waals surface area contributed by atoms with Gasteiger partial charge in [-0.25, -0.2) is 4.39 Å². The Morgan fingerprint density at radius 2 is 1.88 bits per heavy atom. The van der Waals surface area contributed by atoms with Gasteiger partial charge < -0.3 is 14.2 Å². The Morgan fingerprint density at radius 1 is 1.08 bits per heavy atom. The molecule has 0 amide bonds. The van der Waals surface area contributed by atoms with E-state index >= 15 is 4.39 Å². The molecule has 0 atom stereocenters. The number of aliphatic hydroxyl groups is 1. The average molecular weight is 387 g/mol. The molecule has 0 aliphatic carbocycles. The lowest BCUT2D eigenvalue weighted by Gasteiger charge is -2.08. The fourth-order valence-electron chi connectivity index (χ4n) is 3.41. The van der Waals surface area contributed by atoms with Gasteiger partial charge in [-0.3, -0.25) is 0 Å². The number of hydrogen-bond donors (Lipinski definition) is 1. The zero-order valence-corrected chi connectivity index (χ0v) is 14.7. The molecule has 2 aromatic heterocycles. The quantitative estimate of drug-likeness (QED) is 0.543. The Hall–Kier alpha value is -2.11. The third kappa shape index (κ3) is 2.19. The summed E-state index contributed by atoms with van der Waals surface area (Å²) in [6.07, 6.45) is 1.95. The average Bonchev–Trinajstić information content (AvgIpc) is 3.04. The topological polar surface area (TPSA) is 30.1 Å². The maximum absolute atomic E-state index is 15.3. The van der Waals surface area contributed by atoms with Crippen molar-refractivity contribution >= 4 is 37.7 Å². The van der Waals surface area contributed by atoms with Gasteiger partial charge in [-0.1, -0.05) is 34.1 Å². The Kier molecular flexibility index (Phi) is 3.70. The van der Waals surface area contributed by atoms with Crippen LogP contribution in [0.5, 0.6) is 0 Å². The van der Waals surface area contributed by atoms with Gasteiger partial charge in [-0.2, -0.15) is 0 Å². The minimum Gasteiger partial charge on any atom is -0.395 e. The molecule has 5 heteroatoms. The number of fused-ring (bicyclic) bond motifs is 2. The molecule has 4 rings (SSSR count). The van der Waals surface area contributed by atoms with Gasteiger partial charge in [0.1, 0.15) is 0 Å². The molecular weight excluding hydrogens is 371 g/mol. The first-order valence-corrected chi connectivity index (χ1v) is 8.53. The first-order valence-electron chi connectivity index (χ1n) is 7.74. The minimum atomic E-state index is -0.254. The van der Waals surface area contributed by atoms with Crippen molar-refractivity contribution in [3.05, 3.63) is 59.0 Å². The molecule has 0 aliphatic heterocycles. The standard InChI is InChI=1S/C19H16BrFN2O/c1-22-11-15(13-4-2-3-5-16(13)22)19-18(21)14-10-12(20)6-7-17(14)23(19)8-9-24/h2-7,10-11,24H,8-9H2,1H3. The predicted molar refractivity (Wildman–Crippen MR) is 98.6 cm³/mol. The number of para-hydroxylation sites is 1. The van der Waals surface area contributed by atoms with Gasteiger partial charge in [0.25, 0.3) is 0 Å². The van der Waals surface area contributed by atoms with E-state index in [1.54, 1.807) is 6.07 Å². The van der Waals surface area contributed by atoms with Gasteiger partial charge in [0.2, 0.25) is 0 Å². The van der Waals surface area contributed by atoms with E-state index in [4.69, 9.17) is 0 Å². The summed E-state index contributed by atoms with van der Waals surface area (Å²) in [4.78, 5) is 0. The van der Waals surface area contributed by atoms with Gasteiger partial charge in [-0.15, -0.1) is 0 Å². The monoisotopic (exact) mass is 386 g/mol. The highest BCUT2D eigenvalue weighted by atomic mass is 79.9. The molecule has 0 unspecified atom stereocenters. The van der Waals surface area contributed by atoms with Crippen LogP contribution >= 0.6 is 15.9 Å². The van der Waals surface area contributed by atoms with Crippen LogP contribution in [0.15, 0.2) is 53.1 Å². The molecule has 0 bridgehead atoms. The number of aliphatic hydroxyl groups excluding tert-OH is 1. The Bertz CT molecular complexity index is 1060. The Balaban J connectivity index is 2.12. The number of rotatable bonds is 3. The maximum Gasteiger partial charge on any atom is 0.156 e. The van der Waals surface area contributed by atoms with Gasteiger partial charge in [-0.05, 0) is 24.3 Å². The molecular formula is C19H16BrFN2O. The summed E-state index contributed by atoms with van der Waals surface area (Å²) >= 11 is 3.41. The first-order chi connectivity index (χ1) is 11.6. The zero-order valence-electron chi connectivity index (χ0n) is 13.1. The van der Waals surface area contributed by atoms with Crippen molar-refractivity contribution in [1.29, 1.82) is 0 Å². The van der Waals surface area contributed by atoms with E-state index in [2.05, 4.69) is 15.9 Å². The van der Waals surface area contributed by atoms with E-state index < -0.39 is 0 Å². The minimum absolute atomic E-state index is 0.0446. The molecule has 122 valence electrons. The third-order valence-corrected chi connectivity index (χ3v) is 4.93. The highest BCUT2D eigenvalue weighted by Gasteiger charge is 2.21. The van der Waals surface area contributed by atoms with Crippen LogP contribution in [0, 0.1) is 5.82 Å². The highest BCUT2D eigenvalue weighted by Crippen LogP contribution is 2.37. The lowest BCUT2D eigenvalue weighted by Crippen LogP contribution is -2.04. The number of benzene rings is 2. The van der Waals surface area contributed by atoms with Crippen molar-refractivity contribution in [3.63, 3.8) is 0 Å². The molecule has 1 N–H and O–H groups in total. The second-order valence-corrected chi connectivity index (χ2v) is 6.79. The van der Waals surface area contributed by atoms with Gasteiger partial charge in [0.15, 0.2) is 5.82 Å². The van der Waals surface area contributed by atoms with Crippen LogP contribution in [0.4, 0.5) is 4.39 Å². The highest BCUT2D eigenvalue weighted by molar-refractivity contribution is 9.10. The zero-order chi connectivity index (χ0) is 16.8. The summed E-state index contributed by atoms with van der Waals surface area (Å²) in [7, 11) is 1.96. The molecule has 0 fully saturated rings. The van der Waals surface area contributed by atoms with Gasteiger partial charge >= 0.3 is 0 Å². The molecule has 0 saturated heterocycles. The smallest absolute Gasteiger partial charge is 0.156 e. The number of hydrogen-bond acceptors (Lipinski definition) is 1. The van der Waals surface area contributed by atoms with Crippen molar-refractivity contribution in [2.24, 2.45) is 7.05 Å². The normalized spacial score (nSPS) is 11.7.